The van der Waals surface area contributed by atoms with Crippen molar-refractivity contribution >= 4 is 23.0 Å². The lowest BCUT2D eigenvalue weighted by molar-refractivity contribution is 0.102. The van der Waals surface area contributed by atoms with E-state index in [4.69, 9.17) is 0 Å². The first-order chi connectivity index (χ1) is 14.1. The predicted molar refractivity (Wildman–Crippen MR) is 119 cm³/mol. The molecule has 2 saturated heterocycles. The lowest BCUT2D eigenvalue weighted by Gasteiger charge is -2.34. The first-order valence-corrected chi connectivity index (χ1v) is 10.6. The summed E-state index contributed by atoms with van der Waals surface area (Å²) in [5, 5.41) is 2.96. The maximum atomic E-state index is 12.6. The zero-order valence-corrected chi connectivity index (χ0v) is 17.5. The number of likely N-dealkylation sites (N-methyl/N-ethyl adjacent to an activating group) is 1. The van der Waals surface area contributed by atoms with Crippen LogP contribution >= 0.6 is 0 Å². The molecule has 6 heteroatoms. The van der Waals surface area contributed by atoms with Gasteiger partial charge < -0.3 is 20.0 Å². The molecule has 0 radical (unpaired) electrons. The van der Waals surface area contributed by atoms with Crippen molar-refractivity contribution in [3.63, 3.8) is 0 Å². The molecule has 2 fully saturated rings. The Morgan fingerprint density at radius 3 is 2.34 bits per heavy atom. The number of amides is 1. The molecule has 154 valence electrons. The number of nitrogens with one attached hydrogen (secondary N) is 1. The molecule has 0 saturated carbocycles. The van der Waals surface area contributed by atoms with Crippen molar-refractivity contribution in [2.45, 2.75) is 19.8 Å². The number of hydrogen-bond acceptors (Lipinski definition) is 5. The summed E-state index contributed by atoms with van der Waals surface area (Å²) in [5.74, 6) is 0.538. The van der Waals surface area contributed by atoms with Crippen molar-refractivity contribution in [1.29, 1.82) is 0 Å². The summed E-state index contributed by atoms with van der Waals surface area (Å²) in [6.45, 7) is 8.65. The Labute approximate surface area is 173 Å². The first kappa shape index (κ1) is 19.7. The van der Waals surface area contributed by atoms with E-state index in [2.05, 4.69) is 51.1 Å². The fraction of sp³-hybridized carbons (Fsp3) is 0.478. The molecule has 29 heavy (non-hydrogen) atoms. The van der Waals surface area contributed by atoms with Crippen LogP contribution in [-0.2, 0) is 0 Å². The molecule has 1 atom stereocenters. The van der Waals surface area contributed by atoms with Crippen LogP contribution in [0.1, 0.15) is 30.3 Å². The van der Waals surface area contributed by atoms with Gasteiger partial charge in [0.2, 0.25) is 0 Å². The highest BCUT2D eigenvalue weighted by Gasteiger charge is 2.18. The minimum Gasteiger partial charge on any atom is -0.370 e. The van der Waals surface area contributed by atoms with E-state index in [0.717, 1.165) is 50.6 Å². The second-order valence-electron chi connectivity index (χ2n) is 8.39. The summed E-state index contributed by atoms with van der Waals surface area (Å²) in [6.07, 6.45) is 4.33. The number of piperazine rings is 1. The average Bonchev–Trinajstić information content (AvgIpc) is 2.75. The summed E-state index contributed by atoms with van der Waals surface area (Å²) in [4.78, 5) is 24.1. The van der Waals surface area contributed by atoms with Crippen LogP contribution in [0.3, 0.4) is 0 Å². The van der Waals surface area contributed by atoms with Crippen LogP contribution in [0.2, 0.25) is 0 Å². The molecule has 1 aromatic carbocycles. The van der Waals surface area contributed by atoms with Gasteiger partial charge in [-0.15, -0.1) is 0 Å². The predicted octanol–water partition coefficient (Wildman–Crippen LogP) is 3.32. The van der Waals surface area contributed by atoms with Crippen LogP contribution in [0.25, 0.3) is 0 Å². The Kier molecular flexibility index (Phi) is 6.00. The molecule has 2 aliphatic rings. The van der Waals surface area contributed by atoms with Crippen LogP contribution in [0.5, 0.6) is 0 Å². The van der Waals surface area contributed by atoms with E-state index in [9.17, 15) is 4.79 Å². The number of piperidine rings is 1. The largest absolute Gasteiger partial charge is 0.370 e. The van der Waals surface area contributed by atoms with Crippen LogP contribution in [0, 0.1) is 5.92 Å². The number of hydrogen-bond donors (Lipinski definition) is 1. The standard InChI is InChI=1S/C23H31N5O/c1-18-4-3-11-28(17-18)21-9-10-22(24-16-21)23(29)25-19-5-7-20(8-6-19)27-14-12-26(2)13-15-27/h5-10,16,18H,3-4,11-15,17H2,1-2H3,(H,25,29). The summed E-state index contributed by atoms with van der Waals surface area (Å²) >= 11 is 0. The van der Waals surface area contributed by atoms with Gasteiger partial charge in [-0.3, -0.25) is 4.79 Å². The van der Waals surface area contributed by atoms with E-state index in [1.807, 2.05) is 30.5 Å². The van der Waals surface area contributed by atoms with Gasteiger partial charge in [-0.05, 0) is 62.2 Å². The second-order valence-corrected chi connectivity index (χ2v) is 8.39. The third-order valence-corrected chi connectivity index (χ3v) is 6.00. The highest BCUT2D eigenvalue weighted by Crippen LogP contribution is 2.23. The average molecular weight is 394 g/mol. The highest BCUT2D eigenvalue weighted by atomic mass is 16.1. The topological polar surface area (TPSA) is 51.7 Å². The number of anilines is 3. The summed E-state index contributed by atoms with van der Waals surface area (Å²) in [5.41, 5.74) is 3.55. The lowest BCUT2D eigenvalue weighted by atomic mass is 10.00. The zero-order chi connectivity index (χ0) is 20.2. The quantitative estimate of drug-likeness (QED) is 0.864. The van der Waals surface area contributed by atoms with Gasteiger partial charge in [0.25, 0.3) is 5.91 Å². The zero-order valence-electron chi connectivity index (χ0n) is 17.5. The molecule has 2 aliphatic heterocycles. The van der Waals surface area contributed by atoms with E-state index in [1.165, 1.54) is 18.5 Å². The van der Waals surface area contributed by atoms with Crippen molar-refractivity contribution in [2.75, 3.05) is 61.4 Å². The summed E-state index contributed by atoms with van der Waals surface area (Å²) in [6, 6.07) is 11.9. The molecule has 2 aromatic rings. The molecule has 0 bridgehead atoms. The van der Waals surface area contributed by atoms with Gasteiger partial charge in [0.05, 0.1) is 11.9 Å². The van der Waals surface area contributed by atoms with Gasteiger partial charge >= 0.3 is 0 Å². The molecular formula is C23H31N5O. The Balaban J connectivity index is 1.35. The molecule has 0 aliphatic carbocycles. The van der Waals surface area contributed by atoms with Crippen molar-refractivity contribution in [3.8, 4) is 0 Å². The SMILES string of the molecule is CC1CCCN(c2ccc(C(=O)Nc3ccc(N4CCN(C)CC4)cc3)nc2)C1. The van der Waals surface area contributed by atoms with Crippen LogP contribution in [0.15, 0.2) is 42.6 Å². The second kappa shape index (κ2) is 8.82. The van der Waals surface area contributed by atoms with Gasteiger partial charge in [0.15, 0.2) is 0 Å². The fourth-order valence-electron chi connectivity index (χ4n) is 4.15. The molecule has 4 rings (SSSR count). The Morgan fingerprint density at radius 2 is 1.69 bits per heavy atom. The van der Waals surface area contributed by atoms with Crippen molar-refractivity contribution in [3.05, 3.63) is 48.3 Å². The molecule has 6 nitrogen and oxygen atoms in total. The maximum Gasteiger partial charge on any atom is 0.274 e. The van der Waals surface area contributed by atoms with Crippen LogP contribution in [-0.4, -0.2) is 62.1 Å². The first-order valence-electron chi connectivity index (χ1n) is 10.6. The molecule has 1 aromatic heterocycles. The van der Waals surface area contributed by atoms with E-state index in [-0.39, 0.29) is 5.91 Å². The van der Waals surface area contributed by atoms with Gasteiger partial charge in [-0.2, -0.15) is 0 Å². The van der Waals surface area contributed by atoms with Gasteiger partial charge in [-0.1, -0.05) is 6.92 Å². The van der Waals surface area contributed by atoms with Crippen molar-refractivity contribution < 1.29 is 4.79 Å². The molecular weight excluding hydrogens is 362 g/mol. The molecule has 1 unspecified atom stereocenters. The summed E-state index contributed by atoms with van der Waals surface area (Å²) < 4.78 is 0. The summed E-state index contributed by atoms with van der Waals surface area (Å²) in [7, 11) is 2.16. The van der Waals surface area contributed by atoms with E-state index in [0.29, 0.717) is 11.6 Å². The maximum absolute atomic E-state index is 12.6. The molecule has 0 spiro atoms. The van der Waals surface area contributed by atoms with Gasteiger partial charge in [-0.25, -0.2) is 4.98 Å². The third-order valence-electron chi connectivity index (χ3n) is 6.00. The minimum absolute atomic E-state index is 0.170. The van der Waals surface area contributed by atoms with Crippen molar-refractivity contribution in [2.24, 2.45) is 5.92 Å². The third kappa shape index (κ3) is 4.88. The van der Waals surface area contributed by atoms with E-state index < -0.39 is 0 Å². The normalized spacial score (nSPS) is 20.6. The minimum atomic E-state index is -0.170. The van der Waals surface area contributed by atoms with Crippen molar-refractivity contribution in [1.82, 2.24) is 9.88 Å². The number of pyridine rings is 1. The number of rotatable bonds is 4. The number of carbonyl (C=O) groups excluding carboxylic acids is 1. The van der Waals surface area contributed by atoms with Crippen LogP contribution in [0.4, 0.5) is 17.1 Å². The van der Waals surface area contributed by atoms with E-state index in [1.54, 1.807) is 0 Å². The number of benzene rings is 1. The number of carbonyl (C=O) groups is 1. The fourth-order valence-corrected chi connectivity index (χ4v) is 4.15. The van der Waals surface area contributed by atoms with Gasteiger partial charge in [0.1, 0.15) is 5.69 Å². The molecule has 1 amide bonds. The monoisotopic (exact) mass is 393 g/mol. The molecule has 1 N–H and O–H groups in total. The van der Waals surface area contributed by atoms with E-state index >= 15 is 0 Å². The lowest BCUT2D eigenvalue weighted by Crippen LogP contribution is -2.44. The Hall–Kier alpha value is -2.60. The smallest absolute Gasteiger partial charge is 0.274 e. The number of nitrogens with zero attached hydrogens (tertiary/aromatic N) is 4. The highest BCUT2D eigenvalue weighted by molar-refractivity contribution is 6.03. The van der Waals surface area contributed by atoms with Gasteiger partial charge in [0, 0.05) is 50.6 Å². The van der Waals surface area contributed by atoms with Crippen LogP contribution < -0.4 is 15.1 Å². The number of aromatic nitrogens is 1. The Bertz CT molecular complexity index is 812. The Morgan fingerprint density at radius 1 is 0.966 bits per heavy atom. The molecule has 3 heterocycles.